The maximum atomic E-state index is 13.0. The Bertz CT molecular complexity index is 818. The van der Waals surface area contributed by atoms with Crippen molar-refractivity contribution in [1.29, 1.82) is 0 Å². The van der Waals surface area contributed by atoms with E-state index in [0.717, 1.165) is 5.69 Å². The molecule has 0 aromatic heterocycles. The van der Waals surface area contributed by atoms with E-state index in [9.17, 15) is 24.5 Å². The normalized spacial score (nSPS) is 21.6. The SMILES string of the molecule is COC(=O)[C@H]1SC[C@@H](C(=O)OC)N1C(=O)CN1CCN(c2ccc([N+](=O)[O-])cc2)CC1. The Hall–Kier alpha value is -2.86. The molecule has 31 heavy (non-hydrogen) atoms. The molecule has 1 amide bonds. The van der Waals surface area contributed by atoms with Gasteiger partial charge < -0.3 is 19.3 Å². The number of methoxy groups -OCH3 is 2. The van der Waals surface area contributed by atoms with Crippen molar-refractivity contribution in [3.8, 4) is 0 Å². The second-order valence-electron chi connectivity index (χ2n) is 7.09. The van der Waals surface area contributed by atoms with Crippen molar-refractivity contribution >= 4 is 41.0 Å². The predicted molar refractivity (Wildman–Crippen MR) is 113 cm³/mol. The van der Waals surface area contributed by atoms with Gasteiger partial charge in [-0.15, -0.1) is 11.8 Å². The molecule has 0 radical (unpaired) electrons. The topological polar surface area (TPSA) is 123 Å². The Morgan fingerprint density at radius 1 is 1.06 bits per heavy atom. The number of nitro groups is 1. The Morgan fingerprint density at radius 2 is 1.68 bits per heavy atom. The molecule has 0 bridgehead atoms. The summed E-state index contributed by atoms with van der Waals surface area (Å²) in [5.74, 6) is -1.20. The number of esters is 2. The first-order valence-corrected chi connectivity index (χ1v) is 10.7. The molecule has 3 rings (SSSR count). The van der Waals surface area contributed by atoms with Crippen LogP contribution in [0.15, 0.2) is 24.3 Å². The lowest BCUT2D eigenvalue weighted by Crippen LogP contribution is -2.54. The molecule has 2 aliphatic rings. The van der Waals surface area contributed by atoms with Gasteiger partial charge in [-0.1, -0.05) is 0 Å². The number of rotatable bonds is 6. The number of amides is 1. The van der Waals surface area contributed by atoms with E-state index in [2.05, 4.69) is 4.90 Å². The Labute approximate surface area is 183 Å². The molecular formula is C19H24N4O7S. The van der Waals surface area contributed by atoms with Gasteiger partial charge in [0.1, 0.15) is 6.04 Å². The number of nitrogens with zero attached hydrogens (tertiary/aromatic N) is 4. The summed E-state index contributed by atoms with van der Waals surface area (Å²) in [6, 6.07) is 5.53. The van der Waals surface area contributed by atoms with Crippen molar-refractivity contribution in [2.45, 2.75) is 11.4 Å². The van der Waals surface area contributed by atoms with Crippen LogP contribution in [-0.4, -0.2) is 96.7 Å². The van der Waals surface area contributed by atoms with E-state index in [-0.39, 0.29) is 23.9 Å². The molecular weight excluding hydrogens is 428 g/mol. The average molecular weight is 452 g/mol. The fourth-order valence-electron chi connectivity index (χ4n) is 3.63. The first kappa shape index (κ1) is 22.8. The number of piperazine rings is 1. The van der Waals surface area contributed by atoms with E-state index in [4.69, 9.17) is 9.47 Å². The zero-order valence-electron chi connectivity index (χ0n) is 17.3. The van der Waals surface area contributed by atoms with Gasteiger partial charge in [-0.2, -0.15) is 0 Å². The molecule has 168 valence electrons. The lowest BCUT2D eigenvalue weighted by Gasteiger charge is -2.37. The molecule has 2 heterocycles. The third-order valence-corrected chi connectivity index (χ3v) is 6.56. The number of benzene rings is 1. The Morgan fingerprint density at radius 3 is 2.23 bits per heavy atom. The van der Waals surface area contributed by atoms with Crippen molar-refractivity contribution in [2.24, 2.45) is 0 Å². The van der Waals surface area contributed by atoms with Gasteiger partial charge in [0.15, 0.2) is 5.37 Å². The van der Waals surface area contributed by atoms with Gasteiger partial charge in [0, 0.05) is 49.8 Å². The maximum absolute atomic E-state index is 13.0. The van der Waals surface area contributed by atoms with Crippen molar-refractivity contribution in [2.75, 3.05) is 57.6 Å². The molecule has 2 fully saturated rings. The molecule has 12 heteroatoms. The molecule has 2 aliphatic heterocycles. The minimum atomic E-state index is -0.872. The Kier molecular flexibility index (Phi) is 7.33. The van der Waals surface area contributed by atoms with Crippen molar-refractivity contribution in [1.82, 2.24) is 9.80 Å². The highest BCUT2D eigenvalue weighted by Gasteiger charge is 2.46. The fraction of sp³-hybridized carbons (Fsp3) is 0.526. The molecule has 2 saturated heterocycles. The van der Waals surface area contributed by atoms with E-state index < -0.39 is 28.3 Å². The minimum Gasteiger partial charge on any atom is -0.467 e. The second kappa shape index (κ2) is 9.96. The number of carbonyl (C=O) groups excluding carboxylic acids is 3. The molecule has 0 saturated carbocycles. The summed E-state index contributed by atoms with van der Waals surface area (Å²) in [6.45, 7) is 2.53. The highest BCUT2D eigenvalue weighted by atomic mass is 32.2. The molecule has 1 aromatic rings. The fourth-order valence-corrected chi connectivity index (χ4v) is 4.95. The zero-order chi connectivity index (χ0) is 22.5. The van der Waals surface area contributed by atoms with Crippen LogP contribution >= 0.6 is 11.8 Å². The Balaban J connectivity index is 1.60. The van der Waals surface area contributed by atoms with Crippen LogP contribution in [-0.2, 0) is 23.9 Å². The smallest absolute Gasteiger partial charge is 0.339 e. The van der Waals surface area contributed by atoms with Gasteiger partial charge in [0.2, 0.25) is 5.91 Å². The van der Waals surface area contributed by atoms with Crippen molar-refractivity contribution in [3.63, 3.8) is 0 Å². The number of ether oxygens (including phenoxy) is 2. The van der Waals surface area contributed by atoms with Crippen LogP contribution < -0.4 is 4.90 Å². The monoisotopic (exact) mass is 452 g/mol. The average Bonchev–Trinajstić information content (AvgIpc) is 3.24. The van der Waals surface area contributed by atoms with Crippen LogP contribution in [0.1, 0.15) is 0 Å². The van der Waals surface area contributed by atoms with Crippen LogP contribution in [0.2, 0.25) is 0 Å². The van der Waals surface area contributed by atoms with E-state index in [1.807, 2.05) is 4.90 Å². The van der Waals surface area contributed by atoms with Crippen LogP contribution in [0.3, 0.4) is 0 Å². The van der Waals surface area contributed by atoms with Gasteiger partial charge in [-0.3, -0.25) is 19.8 Å². The molecule has 2 atom stereocenters. The van der Waals surface area contributed by atoms with Gasteiger partial charge in [-0.25, -0.2) is 9.59 Å². The van der Waals surface area contributed by atoms with Crippen LogP contribution in [0.5, 0.6) is 0 Å². The lowest BCUT2D eigenvalue weighted by molar-refractivity contribution is -0.384. The molecule has 0 spiro atoms. The standard InChI is InChI=1S/C19H24N4O7S/c1-29-18(25)15-12-31-17(19(26)30-2)22(15)16(24)11-20-7-9-21(10-8-20)13-3-5-14(6-4-13)23(27)28/h3-6,15,17H,7-12H2,1-2H3/t15-,17+/m0/s1. The quantitative estimate of drug-likeness (QED) is 0.339. The van der Waals surface area contributed by atoms with Crippen LogP contribution in [0.4, 0.5) is 11.4 Å². The summed E-state index contributed by atoms with van der Waals surface area (Å²) >= 11 is 1.18. The summed E-state index contributed by atoms with van der Waals surface area (Å²) in [7, 11) is 2.49. The highest BCUT2D eigenvalue weighted by Crippen LogP contribution is 2.31. The van der Waals surface area contributed by atoms with Gasteiger partial charge >= 0.3 is 11.9 Å². The number of nitro benzene ring substituents is 1. The molecule has 0 N–H and O–H groups in total. The van der Waals surface area contributed by atoms with Crippen LogP contribution in [0, 0.1) is 10.1 Å². The summed E-state index contributed by atoms with van der Waals surface area (Å²) in [5, 5.41) is 9.93. The molecule has 0 unspecified atom stereocenters. The minimum absolute atomic E-state index is 0.0387. The van der Waals surface area contributed by atoms with Crippen molar-refractivity contribution in [3.05, 3.63) is 34.4 Å². The van der Waals surface area contributed by atoms with Crippen molar-refractivity contribution < 1.29 is 28.8 Å². The number of hydrogen-bond acceptors (Lipinski definition) is 10. The first-order chi connectivity index (χ1) is 14.8. The van der Waals surface area contributed by atoms with Gasteiger partial charge in [0.05, 0.1) is 25.7 Å². The van der Waals surface area contributed by atoms with E-state index in [0.29, 0.717) is 26.2 Å². The first-order valence-electron chi connectivity index (χ1n) is 9.66. The third kappa shape index (κ3) is 5.07. The zero-order valence-corrected chi connectivity index (χ0v) is 18.1. The van der Waals surface area contributed by atoms with Gasteiger partial charge in [-0.05, 0) is 12.1 Å². The van der Waals surface area contributed by atoms with E-state index in [1.54, 1.807) is 12.1 Å². The summed E-state index contributed by atoms with van der Waals surface area (Å²) in [4.78, 5) is 52.9. The van der Waals surface area contributed by atoms with Gasteiger partial charge in [0.25, 0.3) is 5.69 Å². The summed E-state index contributed by atoms with van der Waals surface area (Å²) in [5.41, 5.74) is 0.917. The van der Waals surface area contributed by atoms with Crippen LogP contribution in [0.25, 0.3) is 0 Å². The predicted octanol–water partition coefficient (Wildman–Crippen LogP) is 0.333. The summed E-state index contributed by atoms with van der Waals surface area (Å²) < 4.78 is 9.58. The molecule has 1 aromatic carbocycles. The second-order valence-corrected chi connectivity index (χ2v) is 8.20. The third-order valence-electron chi connectivity index (χ3n) is 5.32. The number of non-ortho nitro benzene ring substituents is 1. The largest absolute Gasteiger partial charge is 0.467 e. The number of carbonyl (C=O) groups is 3. The highest BCUT2D eigenvalue weighted by molar-refractivity contribution is 8.00. The maximum Gasteiger partial charge on any atom is 0.339 e. The molecule has 11 nitrogen and oxygen atoms in total. The number of thioether (sulfide) groups is 1. The lowest BCUT2D eigenvalue weighted by atomic mass is 10.2. The van der Waals surface area contributed by atoms with E-state index >= 15 is 0 Å². The number of anilines is 1. The van der Waals surface area contributed by atoms with E-state index in [1.165, 1.54) is 43.0 Å². The molecule has 0 aliphatic carbocycles. The number of hydrogen-bond donors (Lipinski definition) is 0. The summed E-state index contributed by atoms with van der Waals surface area (Å²) in [6.07, 6.45) is 0.